The first kappa shape index (κ1) is 29.0. The van der Waals surface area contributed by atoms with Crippen LogP contribution in [0.3, 0.4) is 0 Å². The van der Waals surface area contributed by atoms with Gasteiger partial charge in [-0.05, 0) is 31.6 Å². The van der Waals surface area contributed by atoms with Crippen molar-refractivity contribution in [1.29, 1.82) is 0 Å². The standard InChI is InChI=1S/C28H37N3O7/c1-17(2)26-19(4)9-10-24(34)29-11-5-7-18(3)13-20(32)14-21(33)15-25-30-22(16-37-25)27(35)31-12-6-8-23(31)28(36)38-26/h5,7-8,13,16-17,19-20,26,32H,6,9-12,14-15H2,1-4H3,(H,29,34)/b7-5+,18-13+/t19-,20-,26?/m1/s1. The molecule has 0 fully saturated rings. The number of esters is 1. The molecule has 2 amide bonds. The van der Waals surface area contributed by atoms with Gasteiger partial charge in [-0.3, -0.25) is 14.4 Å². The molecule has 3 rings (SSSR count). The van der Waals surface area contributed by atoms with Gasteiger partial charge in [-0.1, -0.05) is 50.6 Å². The molecule has 38 heavy (non-hydrogen) atoms. The topological polar surface area (TPSA) is 139 Å². The molecule has 2 bridgehead atoms. The van der Waals surface area contributed by atoms with Gasteiger partial charge in [0.15, 0.2) is 5.69 Å². The Bertz CT molecular complexity index is 1130. The Labute approximate surface area is 222 Å². The van der Waals surface area contributed by atoms with E-state index in [1.54, 1.807) is 31.2 Å². The van der Waals surface area contributed by atoms with Crippen LogP contribution in [0.25, 0.3) is 0 Å². The quantitative estimate of drug-likeness (QED) is 0.532. The lowest BCUT2D eigenvalue weighted by atomic mass is 9.90. The number of Topliss-reactive ketones (excluding diaryl/α,β-unsaturated/α-hetero) is 1. The lowest BCUT2D eigenvalue weighted by Gasteiger charge is -2.28. The second-order valence-corrected chi connectivity index (χ2v) is 10.2. The van der Waals surface area contributed by atoms with Crippen molar-refractivity contribution in [2.24, 2.45) is 11.8 Å². The summed E-state index contributed by atoms with van der Waals surface area (Å²) in [7, 11) is 0. The third-order valence-corrected chi connectivity index (χ3v) is 6.53. The molecule has 0 aromatic carbocycles. The smallest absolute Gasteiger partial charge is 0.355 e. The van der Waals surface area contributed by atoms with Crippen LogP contribution in [0.1, 0.15) is 69.8 Å². The number of nitrogens with zero attached hydrogens (tertiary/aromatic N) is 2. The maximum absolute atomic E-state index is 13.1. The number of ketones is 1. The number of cyclic esters (lactones) is 1. The Kier molecular flexibility index (Phi) is 10.2. The highest BCUT2D eigenvalue weighted by Gasteiger charge is 2.34. The molecule has 2 aliphatic rings. The van der Waals surface area contributed by atoms with Gasteiger partial charge in [0, 0.05) is 25.9 Å². The Morgan fingerprint density at radius 3 is 2.71 bits per heavy atom. The second-order valence-electron chi connectivity index (χ2n) is 10.2. The van der Waals surface area contributed by atoms with Crippen molar-refractivity contribution in [3.8, 4) is 0 Å². The average molecular weight is 528 g/mol. The SMILES string of the molecule is CC1=C\[C@@H](O)CC(=O)Cc2nc(co2)C(=O)N2CCC=C2C(=O)OC(C(C)C)[C@H](C)CCC(=O)NC\C=C\1. The first-order chi connectivity index (χ1) is 18.0. The number of aliphatic hydroxyl groups excluding tert-OH is 1. The van der Waals surface area contributed by atoms with Gasteiger partial charge in [0.25, 0.3) is 5.91 Å². The number of hydrogen-bond donors (Lipinski definition) is 2. The maximum atomic E-state index is 13.1. The summed E-state index contributed by atoms with van der Waals surface area (Å²) >= 11 is 0. The van der Waals surface area contributed by atoms with Crippen LogP contribution in [0, 0.1) is 11.8 Å². The van der Waals surface area contributed by atoms with Crippen LogP contribution in [0.2, 0.25) is 0 Å². The van der Waals surface area contributed by atoms with Gasteiger partial charge in [-0.15, -0.1) is 0 Å². The fourth-order valence-corrected chi connectivity index (χ4v) is 4.61. The number of oxazole rings is 1. The van der Waals surface area contributed by atoms with Crippen LogP contribution < -0.4 is 5.32 Å². The van der Waals surface area contributed by atoms with Crippen LogP contribution in [0.5, 0.6) is 0 Å². The van der Waals surface area contributed by atoms with Gasteiger partial charge in [-0.2, -0.15) is 0 Å². The van der Waals surface area contributed by atoms with Gasteiger partial charge in [0.2, 0.25) is 11.8 Å². The Morgan fingerprint density at radius 2 is 1.97 bits per heavy atom. The van der Waals surface area contributed by atoms with Crippen LogP contribution in [-0.4, -0.2) is 63.9 Å². The van der Waals surface area contributed by atoms with Crippen LogP contribution >= 0.6 is 0 Å². The van der Waals surface area contributed by atoms with Crippen LogP contribution in [0.4, 0.5) is 0 Å². The predicted molar refractivity (Wildman–Crippen MR) is 139 cm³/mol. The van der Waals surface area contributed by atoms with E-state index in [1.807, 2.05) is 20.8 Å². The molecule has 1 aromatic rings. The summed E-state index contributed by atoms with van der Waals surface area (Å²) in [5.41, 5.74) is 0.862. The van der Waals surface area contributed by atoms with Crippen molar-refractivity contribution in [2.45, 2.75) is 72.0 Å². The third kappa shape index (κ3) is 7.98. The minimum absolute atomic E-state index is 0.00123. The first-order valence-corrected chi connectivity index (χ1v) is 13.0. The van der Waals surface area contributed by atoms with Crippen molar-refractivity contribution >= 4 is 23.6 Å². The van der Waals surface area contributed by atoms with Crippen molar-refractivity contribution < 1.29 is 33.4 Å². The minimum atomic E-state index is -1.00. The van der Waals surface area contributed by atoms with Crippen molar-refractivity contribution in [1.82, 2.24) is 15.2 Å². The molecular formula is C28H37N3O7. The van der Waals surface area contributed by atoms with Crippen LogP contribution in [0.15, 0.2) is 46.3 Å². The lowest BCUT2D eigenvalue weighted by Crippen LogP contribution is -2.36. The molecule has 0 spiro atoms. The number of allylic oxidation sites excluding steroid dienone is 2. The molecule has 1 unspecified atom stereocenters. The van der Waals surface area contributed by atoms with Crippen molar-refractivity contribution in [3.05, 3.63) is 53.4 Å². The molecule has 1 aromatic heterocycles. The van der Waals surface area contributed by atoms with Crippen molar-refractivity contribution in [3.63, 3.8) is 0 Å². The molecule has 206 valence electrons. The predicted octanol–water partition coefficient (Wildman–Crippen LogP) is 2.88. The van der Waals surface area contributed by atoms with E-state index in [0.717, 1.165) is 5.57 Å². The zero-order chi connectivity index (χ0) is 27.8. The van der Waals surface area contributed by atoms with E-state index in [9.17, 15) is 24.3 Å². The number of carbonyl (C=O) groups excluding carboxylic acids is 4. The highest BCUT2D eigenvalue weighted by atomic mass is 16.5. The van der Waals surface area contributed by atoms with E-state index in [4.69, 9.17) is 9.15 Å². The van der Waals surface area contributed by atoms with Gasteiger partial charge >= 0.3 is 5.97 Å². The number of rotatable bonds is 1. The zero-order valence-electron chi connectivity index (χ0n) is 22.4. The molecule has 10 heteroatoms. The lowest BCUT2D eigenvalue weighted by molar-refractivity contribution is -0.151. The third-order valence-electron chi connectivity index (χ3n) is 6.53. The number of fused-ring (bicyclic) bond motifs is 3. The molecule has 0 saturated heterocycles. The number of aliphatic hydroxyl groups is 1. The summed E-state index contributed by atoms with van der Waals surface area (Å²) in [6.45, 7) is 8.23. The Balaban J connectivity index is 1.83. The molecule has 0 radical (unpaired) electrons. The summed E-state index contributed by atoms with van der Waals surface area (Å²) in [5, 5.41) is 13.1. The van der Waals surface area contributed by atoms with Crippen LogP contribution in [-0.2, 0) is 25.5 Å². The second kappa shape index (κ2) is 13.3. The fraction of sp³-hybridized carbons (Fsp3) is 0.536. The molecule has 2 N–H and O–H groups in total. The summed E-state index contributed by atoms with van der Waals surface area (Å²) in [4.78, 5) is 56.5. The molecule has 0 saturated carbocycles. The summed E-state index contributed by atoms with van der Waals surface area (Å²) in [5.74, 6) is -1.59. The number of carbonyl (C=O) groups is 4. The summed E-state index contributed by atoms with van der Waals surface area (Å²) in [6, 6.07) is 0. The molecule has 3 heterocycles. The maximum Gasteiger partial charge on any atom is 0.355 e. The van der Waals surface area contributed by atoms with E-state index in [2.05, 4.69) is 10.3 Å². The Hall–Kier alpha value is -3.53. The zero-order valence-corrected chi connectivity index (χ0v) is 22.4. The van der Waals surface area contributed by atoms with E-state index in [-0.39, 0.29) is 60.1 Å². The number of ether oxygens (including phenoxy) is 1. The minimum Gasteiger partial charge on any atom is -0.457 e. The van der Waals surface area contributed by atoms with Gasteiger partial charge < -0.3 is 24.5 Å². The highest BCUT2D eigenvalue weighted by Crippen LogP contribution is 2.26. The number of hydrogen-bond acceptors (Lipinski definition) is 8. The van der Waals surface area contributed by atoms with Crippen molar-refractivity contribution in [2.75, 3.05) is 13.1 Å². The molecular weight excluding hydrogens is 490 g/mol. The summed E-state index contributed by atoms with van der Waals surface area (Å²) < 4.78 is 11.2. The molecule has 3 atom stereocenters. The molecule has 10 nitrogen and oxygen atoms in total. The van der Waals surface area contributed by atoms with E-state index in [1.165, 1.54) is 11.2 Å². The largest absolute Gasteiger partial charge is 0.457 e. The fourth-order valence-electron chi connectivity index (χ4n) is 4.61. The van der Waals surface area contributed by atoms with E-state index in [0.29, 0.717) is 25.9 Å². The highest BCUT2D eigenvalue weighted by molar-refractivity contribution is 6.00. The normalized spacial score (nSPS) is 27.2. The number of amides is 2. The summed E-state index contributed by atoms with van der Waals surface area (Å²) in [6.07, 6.45) is 7.41. The van der Waals surface area contributed by atoms with Gasteiger partial charge in [0.1, 0.15) is 23.8 Å². The van der Waals surface area contributed by atoms with E-state index < -0.39 is 24.1 Å². The number of nitrogens with one attached hydrogen (secondary N) is 1. The van der Waals surface area contributed by atoms with E-state index >= 15 is 0 Å². The molecule has 2 aliphatic heterocycles. The first-order valence-electron chi connectivity index (χ1n) is 13.0. The Morgan fingerprint density at radius 1 is 1.21 bits per heavy atom. The number of aromatic nitrogens is 1. The monoisotopic (exact) mass is 527 g/mol. The van der Waals surface area contributed by atoms with Gasteiger partial charge in [-0.25, -0.2) is 9.78 Å². The van der Waals surface area contributed by atoms with Gasteiger partial charge in [0.05, 0.1) is 12.5 Å². The average Bonchev–Trinajstić information content (AvgIpc) is 3.52. The molecule has 0 aliphatic carbocycles.